The zero-order valence-electron chi connectivity index (χ0n) is 14.5. The molecule has 4 nitrogen and oxygen atoms in total. The summed E-state index contributed by atoms with van der Waals surface area (Å²) in [5.41, 5.74) is -3.08. The van der Waals surface area contributed by atoms with Crippen LogP contribution in [0.25, 0.3) is 0 Å². The summed E-state index contributed by atoms with van der Waals surface area (Å²) in [4.78, 5) is 6.07. The predicted molar refractivity (Wildman–Crippen MR) is 89.0 cm³/mol. The molecule has 134 valence electrons. The number of hydrogen-bond donors (Lipinski definition) is 1. The number of methoxy groups -OCH3 is 1. The van der Waals surface area contributed by atoms with Crippen LogP contribution in [0.4, 0.5) is 18.9 Å². The molecule has 1 atom stereocenters. The summed E-state index contributed by atoms with van der Waals surface area (Å²) in [6.45, 7) is 8.74. The predicted octanol–water partition coefficient (Wildman–Crippen LogP) is 3.94. The number of nitrogens with zero attached hydrogens (tertiary/aromatic N) is 2. The van der Waals surface area contributed by atoms with E-state index in [4.69, 9.17) is 4.74 Å². The largest absolute Gasteiger partial charge is 0.496 e. The molecule has 0 fully saturated rings. The van der Waals surface area contributed by atoms with Gasteiger partial charge in [-0.15, -0.1) is 0 Å². The highest BCUT2D eigenvalue weighted by Crippen LogP contribution is 2.48. The maximum Gasteiger partial charge on any atom is 0.425 e. The van der Waals surface area contributed by atoms with Crippen molar-refractivity contribution in [2.75, 3.05) is 20.7 Å². The van der Waals surface area contributed by atoms with E-state index in [0.29, 0.717) is 11.3 Å². The highest BCUT2D eigenvalue weighted by Gasteiger charge is 2.57. The molecule has 1 unspecified atom stereocenters. The van der Waals surface area contributed by atoms with E-state index in [-0.39, 0.29) is 5.75 Å². The molecule has 0 aliphatic carbocycles. The lowest BCUT2D eigenvalue weighted by atomic mass is 9.85. The number of benzene rings is 1. The van der Waals surface area contributed by atoms with Gasteiger partial charge in [-0.2, -0.15) is 13.2 Å². The van der Waals surface area contributed by atoms with Gasteiger partial charge in [0.1, 0.15) is 5.75 Å². The van der Waals surface area contributed by atoms with Crippen molar-refractivity contribution < 1.29 is 23.0 Å². The molecule has 0 aliphatic rings. The van der Waals surface area contributed by atoms with Crippen molar-refractivity contribution in [1.29, 1.82) is 0 Å². The number of aryl methyl sites for hydroxylation is 1. The summed E-state index contributed by atoms with van der Waals surface area (Å²) in [6.07, 6.45) is -3.35. The van der Waals surface area contributed by atoms with Gasteiger partial charge in [0.25, 0.3) is 0 Å². The molecule has 1 rings (SSSR count). The lowest BCUT2D eigenvalue weighted by Crippen LogP contribution is -2.43. The van der Waals surface area contributed by atoms with Gasteiger partial charge in [0.15, 0.2) is 0 Å². The van der Waals surface area contributed by atoms with Crippen LogP contribution in [-0.4, -0.2) is 43.2 Å². The van der Waals surface area contributed by atoms with Gasteiger partial charge in [0, 0.05) is 25.2 Å². The number of ether oxygens (including phenoxy) is 1. The third-order valence-electron chi connectivity index (χ3n) is 3.83. The number of aliphatic imine (C=N–C) groups is 1. The van der Waals surface area contributed by atoms with Crippen molar-refractivity contribution >= 4 is 12.0 Å². The van der Waals surface area contributed by atoms with Gasteiger partial charge < -0.3 is 14.7 Å². The summed E-state index contributed by atoms with van der Waals surface area (Å²) in [6, 6.07) is 2.62. The van der Waals surface area contributed by atoms with Gasteiger partial charge in [0.2, 0.25) is 5.60 Å². The quantitative estimate of drug-likeness (QED) is 0.483. The summed E-state index contributed by atoms with van der Waals surface area (Å²) < 4.78 is 45.5. The highest BCUT2D eigenvalue weighted by atomic mass is 19.4. The Morgan fingerprint density at radius 3 is 2.42 bits per heavy atom. The molecular weight excluding hydrogens is 321 g/mol. The third-order valence-corrected chi connectivity index (χ3v) is 3.83. The average molecular weight is 344 g/mol. The minimum Gasteiger partial charge on any atom is -0.496 e. The number of halogens is 3. The van der Waals surface area contributed by atoms with Crippen molar-refractivity contribution in [2.45, 2.75) is 32.5 Å². The Labute approximate surface area is 140 Å². The first kappa shape index (κ1) is 20.0. The van der Waals surface area contributed by atoms with E-state index in [1.165, 1.54) is 19.2 Å². The van der Waals surface area contributed by atoms with E-state index in [1.807, 2.05) is 18.9 Å². The van der Waals surface area contributed by atoms with Gasteiger partial charge >= 0.3 is 6.18 Å². The van der Waals surface area contributed by atoms with Crippen molar-refractivity contribution in [3.8, 4) is 5.75 Å². The van der Waals surface area contributed by atoms with E-state index in [9.17, 15) is 18.3 Å². The maximum atomic E-state index is 13.5. The SMILES string of the molecule is C=C(C)C(O)(c1cc(C)c(N=CN(C)CC)cc1OC)C(F)(F)F. The minimum atomic E-state index is -4.92. The van der Waals surface area contributed by atoms with Crippen LogP contribution in [0.1, 0.15) is 25.0 Å². The minimum absolute atomic E-state index is 0.102. The molecule has 0 saturated heterocycles. The Balaban J connectivity index is 3.54. The topological polar surface area (TPSA) is 45.1 Å². The molecule has 0 spiro atoms. The van der Waals surface area contributed by atoms with Gasteiger partial charge in [-0.1, -0.05) is 6.58 Å². The molecule has 0 aliphatic heterocycles. The molecule has 24 heavy (non-hydrogen) atoms. The smallest absolute Gasteiger partial charge is 0.425 e. The zero-order valence-corrected chi connectivity index (χ0v) is 14.5. The van der Waals surface area contributed by atoms with Crippen molar-refractivity contribution in [3.63, 3.8) is 0 Å². The van der Waals surface area contributed by atoms with Crippen molar-refractivity contribution in [2.24, 2.45) is 4.99 Å². The lowest BCUT2D eigenvalue weighted by Gasteiger charge is -2.33. The molecular formula is C17H23F3N2O2. The van der Waals surface area contributed by atoms with Crippen LogP contribution in [0.5, 0.6) is 5.75 Å². The Morgan fingerprint density at radius 1 is 1.42 bits per heavy atom. The van der Waals surface area contributed by atoms with Gasteiger partial charge in [-0.05, 0) is 38.0 Å². The fraction of sp³-hybridized carbons (Fsp3) is 0.471. The number of rotatable bonds is 6. The molecule has 0 bridgehead atoms. The van der Waals surface area contributed by atoms with Crippen molar-refractivity contribution in [3.05, 3.63) is 35.4 Å². The maximum absolute atomic E-state index is 13.5. The standard InChI is InChI=1S/C17H23F3N2O2/c1-7-22(5)10-21-14-9-15(24-6)13(8-12(14)4)16(23,11(2)3)17(18,19)20/h8-10,23H,2,7H2,1,3-6H3. The summed E-state index contributed by atoms with van der Waals surface area (Å²) >= 11 is 0. The second-order valence-electron chi connectivity index (χ2n) is 5.65. The van der Waals surface area contributed by atoms with Crippen LogP contribution in [-0.2, 0) is 5.60 Å². The van der Waals surface area contributed by atoms with E-state index < -0.39 is 22.9 Å². The number of alkyl halides is 3. The molecule has 1 aromatic carbocycles. The molecule has 7 heteroatoms. The summed E-state index contributed by atoms with van der Waals surface area (Å²) in [5, 5.41) is 10.3. The second kappa shape index (κ2) is 7.25. The van der Waals surface area contributed by atoms with Crippen LogP contribution in [0.2, 0.25) is 0 Å². The normalized spacial score (nSPS) is 14.5. The number of hydrogen-bond acceptors (Lipinski definition) is 3. The van der Waals surface area contributed by atoms with Crippen LogP contribution >= 0.6 is 0 Å². The van der Waals surface area contributed by atoms with Gasteiger partial charge in [-0.25, -0.2) is 4.99 Å². The fourth-order valence-electron chi connectivity index (χ4n) is 2.14. The lowest BCUT2D eigenvalue weighted by molar-refractivity contribution is -0.250. The molecule has 1 aromatic rings. The monoisotopic (exact) mass is 344 g/mol. The first-order valence-corrected chi connectivity index (χ1v) is 7.37. The Kier molecular flexibility index (Phi) is 6.05. The summed E-state index contributed by atoms with van der Waals surface area (Å²) in [5.74, 6) is -0.102. The van der Waals surface area contributed by atoms with Gasteiger partial charge in [-0.3, -0.25) is 0 Å². The Morgan fingerprint density at radius 2 is 2.00 bits per heavy atom. The average Bonchev–Trinajstić information content (AvgIpc) is 2.50. The number of aliphatic hydroxyl groups is 1. The Hall–Kier alpha value is -2.02. The van der Waals surface area contributed by atoms with E-state index in [2.05, 4.69) is 11.6 Å². The molecule has 0 amide bonds. The first-order valence-electron chi connectivity index (χ1n) is 7.37. The van der Waals surface area contributed by atoms with E-state index in [0.717, 1.165) is 13.5 Å². The van der Waals surface area contributed by atoms with Gasteiger partial charge in [0.05, 0.1) is 19.1 Å². The molecule has 1 N–H and O–H groups in total. The zero-order chi connectivity index (χ0) is 18.7. The van der Waals surface area contributed by atoms with Crippen LogP contribution in [0.3, 0.4) is 0 Å². The van der Waals surface area contributed by atoms with E-state index in [1.54, 1.807) is 13.3 Å². The fourth-order valence-corrected chi connectivity index (χ4v) is 2.14. The molecule has 0 heterocycles. The van der Waals surface area contributed by atoms with Crippen LogP contribution < -0.4 is 4.74 Å². The third kappa shape index (κ3) is 3.72. The molecule has 0 aromatic heterocycles. The van der Waals surface area contributed by atoms with E-state index >= 15 is 0 Å². The summed E-state index contributed by atoms with van der Waals surface area (Å²) in [7, 11) is 3.07. The highest BCUT2D eigenvalue weighted by molar-refractivity contribution is 5.65. The molecule has 0 saturated carbocycles. The van der Waals surface area contributed by atoms with Crippen LogP contribution in [0, 0.1) is 6.92 Å². The van der Waals surface area contributed by atoms with Crippen molar-refractivity contribution in [1.82, 2.24) is 4.90 Å². The second-order valence-corrected chi connectivity index (χ2v) is 5.65. The first-order chi connectivity index (χ1) is 11.0. The van der Waals surface area contributed by atoms with Crippen LogP contribution in [0.15, 0.2) is 29.3 Å². The Bertz CT molecular complexity index is 641. The molecule has 0 radical (unpaired) electrons.